The Morgan fingerprint density at radius 3 is 1.25 bits per heavy atom. The van der Waals surface area contributed by atoms with Crippen LogP contribution in [0, 0.1) is 0 Å². The fourth-order valence-corrected chi connectivity index (χ4v) is 6.02. The van der Waals surface area contributed by atoms with Gasteiger partial charge in [-0.1, -0.05) is 114 Å². The first-order valence-corrected chi connectivity index (χ1v) is 18.0. The summed E-state index contributed by atoms with van der Waals surface area (Å²) >= 11 is 0. The Bertz CT molecular complexity index is 1320. The number of esters is 2. The molecule has 2 rings (SSSR count). The number of benzene rings is 2. The molecule has 0 amide bonds. The van der Waals surface area contributed by atoms with Crippen LogP contribution >= 0.6 is 0 Å². The van der Waals surface area contributed by atoms with Crippen LogP contribution in [0.5, 0.6) is 11.5 Å². The van der Waals surface area contributed by atoms with Crippen LogP contribution in [0.2, 0.25) is 0 Å². The van der Waals surface area contributed by atoms with Crippen LogP contribution in [0.4, 0.5) is 0 Å². The predicted molar refractivity (Wildman–Crippen MR) is 197 cm³/mol. The fraction of sp³-hybridized carbons (Fsp3) is 0.667. The van der Waals surface area contributed by atoms with Gasteiger partial charge in [-0.15, -0.1) is 0 Å². The maximum Gasteiger partial charge on any atom is 0.306 e. The quantitative estimate of drug-likeness (QED) is 0.207. The molecule has 2 N–H and O–H groups in total. The number of hydrogen-bond donors (Lipinski definition) is 2. The number of carbonyl (C=O) groups is 2. The topological polar surface area (TPSA) is 93.1 Å². The highest BCUT2D eigenvalue weighted by Crippen LogP contribution is 2.41. The Hall–Kier alpha value is -3.02. The molecule has 0 aromatic heterocycles. The summed E-state index contributed by atoms with van der Waals surface area (Å²) in [6.07, 6.45) is 4.14. The Morgan fingerprint density at radius 2 is 0.938 bits per heavy atom. The molecule has 0 spiro atoms. The molecule has 0 radical (unpaired) electrons. The van der Waals surface area contributed by atoms with Crippen molar-refractivity contribution in [3.63, 3.8) is 0 Å². The van der Waals surface area contributed by atoms with Gasteiger partial charge in [0.2, 0.25) is 0 Å². The zero-order chi connectivity index (χ0) is 36.8. The summed E-state index contributed by atoms with van der Waals surface area (Å²) in [4.78, 5) is 25.6. The van der Waals surface area contributed by atoms with E-state index in [1.54, 1.807) is 0 Å². The van der Waals surface area contributed by atoms with E-state index in [1.165, 1.54) is 0 Å². The molecule has 6 heteroatoms. The molecule has 2 atom stereocenters. The van der Waals surface area contributed by atoms with Crippen molar-refractivity contribution in [2.45, 2.75) is 182 Å². The van der Waals surface area contributed by atoms with Crippen molar-refractivity contribution in [3.05, 3.63) is 57.6 Å². The van der Waals surface area contributed by atoms with Crippen molar-refractivity contribution in [3.8, 4) is 11.5 Å². The van der Waals surface area contributed by atoms with E-state index in [0.29, 0.717) is 37.2 Å². The molecule has 0 saturated heterocycles. The first kappa shape index (κ1) is 41.2. The van der Waals surface area contributed by atoms with Crippen molar-refractivity contribution in [1.29, 1.82) is 0 Å². The van der Waals surface area contributed by atoms with Gasteiger partial charge < -0.3 is 19.7 Å². The average molecular weight is 667 g/mol. The third-order valence-corrected chi connectivity index (χ3v) is 9.03. The molecular weight excluding hydrogens is 600 g/mol. The van der Waals surface area contributed by atoms with Crippen molar-refractivity contribution in [2.24, 2.45) is 0 Å². The van der Waals surface area contributed by atoms with Crippen LogP contribution in [0.3, 0.4) is 0 Å². The number of hydrogen-bond acceptors (Lipinski definition) is 6. The Labute approximate surface area is 292 Å². The normalized spacial score (nSPS) is 14.0. The second-order valence-corrected chi connectivity index (χ2v) is 17.8. The molecule has 0 bridgehead atoms. The molecule has 270 valence electrons. The molecule has 0 aliphatic rings. The van der Waals surface area contributed by atoms with Gasteiger partial charge in [0, 0.05) is 12.8 Å². The summed E-state index contributed by atoms with van der Waals surface area (Å²) in [5.41, 5.74) is 4.72. The Morgan fingerprint density at radius 1 is 0.604 bits per heavy atom. The number of ether oxygens (including phenoxy) is 2. The number of rotatable bonds is 13. The molecule has 0 saturated carbocycles. The van der Waals surface area contributed by atoms with Crippen LogP contribution in [0.25, 0.3) is 0 Å². The van der Waals surface area contributed by atoms with Crippen molar-refractivity contribution >= 4 is 11.9 Å². The lowest BCUT2D eigenvalue weighted by atomic mass is 9.78. The van der Waals surface area contributed by atoms with Crippen LogP contribution in [-0.4, -0.2) is 34.4 Å². The van der Waals surface area contributed by atoms with E-state index < -0.39 is 0 Å². The minimum Gasteiger partial charge on any atom is -0.507 e. The summed E-state index contributed by atoms with van der Waals surface area (Å²) in [6, 6.07) is 8.08. The lowest BCUT2D eigenvalue weighted by Crippen LogP contribution is -2.20. The van der Waals surface area contributed by atoms with Gasteiger partial charge in [-0.3, -0.25) is 9.59 Å². The molecule has 2 aromatic rings. The van der Waals surface area contributed by atoms with Gasteiger partial charge in [0.1, 0.15) is 17.6 Å². The zero-order valence-corrected chi connectivity index (χ0v) is 32.6. The van der Waals surface area contributed by atoms with Crippen LogP contribution in [0.1, 0.15) is 169 Å². The standard InChI is InChI=1S/C42H66O6/c1-15-30(48-36(44)22-20-29-25-33(41(9,10)11)38(46)34(26-29)42(12,13)14)18-16-17-27(2)47-35(43)21-19-28-23-31(39(3,4)5)37(45)32(24-28)40(6,7)8/h23-27,30,45-46H,15-22H2,1-14H3. The lowest BCUT2D eigenvalue weighted by Gasteiger charge is -2.28. The third-order valence-electron chi connectivity index (χ3n) is 9.03. The van der Waals surface area contributed by atoms with Crippen LogP contribution in [0.15, 0.2) is 24.3 Å². The molecule has 0 fully saturated rings. The summed E-state index contributed by atoms with van der Waals surface area (Å²) < 4.78 is 11.6. The average Bonchev–Trinajstić information content (AvgIpc) is 2.92. The lowest BCUT2D eigenvalue weighted by molar-refractivity contribution is -0.149. The van der Waals surface area contributed by atoms with E-state index >= 15 is 0 Å². The van der Waals surface area contributed by atoms with E-state index in [1.807, 2.05) is 38.1 Å². The minimum atomic E-state index is -0.234. The summed E-state index contributed by atoms with van der Waals surface area (Å²) in [5.74, 6) is 0.228. The van der Waals surface area contributed by atoms with Crippen molar-refractivity contribution in [2.75, 3.05) is 0 Å². The first-order valence-electron chi connectivity index (χ1n) is 18.0. The minimum absolute atomic E-state index is 0.181. The molecule has 48 heavy (non-hydrogen) atoms. The molecule has 0 aliphatic carbocycles. The molecule has 2 unspecified atom stereocenters. The Balaban J connectivity index is 1.89. The smallest absolute Gasteiger partial charge is 0.306 e. The fourth-order valence-electron chi connectivity index (χ4n) is 6.02. The number of phenols is 2. The first-order chi connectivity index (χ1) is 21.8. The number of aryl methyl sites for hydroxylation is 2. The third kappa shape index (κ3) is 12.1. The van der Waals surface area contributed by atoms with Crippen molar-refractivity contribution < 1.29 is 29.3 Å². The zero-order valence-electron chi connectivity index (χ0n) is 32.6. The highest BCUT2D eigenvalue weighted by atomic mass is 16.5. The van der Waals surface area contributed by atoms with Gasteiger partial charge in [0.05, 0.1) is 6.10 Å². The van der Waals surface area contributed by atoms with Gasteiger partial charge in [-0.05, 0) is 100 Å². The highest BCUT2D eigenvalue weighted by Gasteiger charge is 2.28. The Kier molecular flexibility index (Phi) is 13.8. The maximum atomic E-state index is 12.9. The second-order valence-electron chi connectivity index (χ2n) is 17.8. The van der Waals surface area contributed by atoms with E-state index in [9.17, 15) is 19.8 Å². The largest absolute Gasteiger partial charge is 0.507 e. The summed E-state index contributed by atoms with van der Waals surface area (Å²) in [5, 5.41) is 22.0. The molecule has 0 heterocycles. The van der Waals surface area contributed by atoms with Gasteiger partial charge in [0.15, 0.2) is 0 Å². The second kappa shape index (κ2) is 16.1. The molecular formula is C42H66O6. The summed E-state index contributed by atoms with van der Waals surface area (Å²) in [6.45, 7) is 29.0. The van der Waals surface area contributed by atoms with E-state index in [4.69, 9.17) is 9.47 Å². The molecule has 2 aromatic carbocycles. The summed E-state index contributed by atoms with van der Waals surface area (Å²) in [7, 11) is 0. The molecule has 0 aliphatic heterocycles. The monoisotopic (exact) mass is 666 g/mol. The predicted octanol–water partition coefficient (Wildman–Crippen LogP) is 10.3. The van der Waals surface area contributed by atoms with Crippen LogP contribution in [-0.2, 0) is 53.6 Å². The van der Waals surface area contributed by atoms with Gasteiger partial charge >= 0.3 is 11.9 Å². The van der Waals surface area contributed by atoms with E-state index in [0.717, 1.165) is 46.2 Å². The number of aromatic hydroxyl groups is 2. The number of phenolic OH excluding ortho intramolecular Hbond substituents is 2. The van der Waals surface area contributed by atoms with E-state index in [-0.39, 0.29) is 58.6 Å². The van der Waals surface area contributed by atoms with E-state index in [2.05, 4.69) is 83.1 Å². The molecule has 6 nitrogen and oxygen atoms in total. The highest BCUT2D eigenvalue weighted by molar-refractivity contribution is 5.70. The van der Waals surface area contributed by atoms with Gasteiger partial charge in [-0.25, -0.2) is 0 Å². The van der Waals surface area contributed by atoms with Crippen LogP contribution < -0.4 is 0 Å². The van der Waals surface area contributed by atoms with Gasteiger partial charge in [0.25, 0.3) is 0 Å². The van der Waals surface area contributed by atoms with Gasteiger partial charge in [-0.2, -0.15) is 0 Å². The maximum absolute atomic E-state index is 12.9. The number of carbonyl (C=O) groups excluding carboxylic acids is 2. The SMILES string of the molecule is CCC(CCCC(C)OC(=O)CCc1cc(C(C)(C)C)c(O)c(C(C)(C)C)c1)OC(=O)CCc1cc(C(C)(C)C)c(O)c(C(C)(C)C)c1. The van der Waals surface area contributed by atoms with Crippen molar-refractivity contribution in [1.82, 2.24) is 0 Å².